The molecule has 0 aliphatic rings. The Bertz CT molecular complexity index is 347. The molecule has 0 bridgehead atoms. The molecule has 1 aromatic rings. The number of hydrogen-bond acceptors (Lipinski definition) is 4. The minimum Gasteiger partial charge on any atom is -0.506 e. The summed E-state index contributed by atoms with van der Waals surface area (Å²) in [5, 5.41) is 9.51. The van der Waals surface area contributed by atoms with Gasteiger partial charge in [0.1, 0.15) is 5.75 Å². The van der Waals surface area contributed by atoms with Gasteiger partial charge >= 0.3 is 5.97 Å². The second-order valence-corrected chi connectivity index (χ2v) is 5.12. The molecule has 0 unspecified atom stereocenters. The molecule has 3 nitrogen and oxygen atoms in total. The van der Waals surface area contributed by atoms with Crippen LogP contribution in [0.4, 0.5) is 0 Å². The van der Waals surface area contributed by atoms with Gasteiger partial charge in [-0.2, -0.15) is 0 Å². The number of ether oxygens (including phenoxy) is 1. The molecule has 1 rings (SSSR count). The molecular formula is C10H14O3S. The van der Waals surface area contributed by atoms with E-state index in [4.69, 9.17) is 0 Å². The summed E-state index contributed by atoms with van der Waals surface area (Å²) in [6.07, 6.45) is 0. The zero-order valence-electron chi connectivity index (χ0n) is 8.75. The van der Waals surface area contributed by atoms with Crippen LogP contribution in [0.25, 0.3) is 0 Å². The van der Waals surface area contributed by atoms with Gasteiger partial charge < -0.3 is 9.84 Å². The molecule has 0 aliphatic heterocycles. The van der Waals surface area contributed by atoms with Gasteiger partial charge in [0.2, 0.25) is 0 Å². The van der Waals surface area contributed by atoms with Crippen molar-refractivity contribution in [3.05, 3.63) is 15.8 Å². The number of carbonyl (C=O) groups is 1. The predicted molar refractivity (Wildman–Crippen MR) is 56.0 cm³/mol. The van der Waals surface area contributed by atoms with Crippen LogP contribution in [0.5, 0.6) is 5.75 Å². The third-order valence-corrected chi connectivity index (χ3v) is 3.35. The fraction of sp³-hybridized carbons (Fsp3) is 0.500. The van der Waals surface area contributed by atoms with Crippen molar-refractivity contribution in [3.63, 3.8) is 0 Å². The number of methoxy groups -OCH3 is 1. The first-order valence-corrected chi connectivity index (χ1v) is 5.09. The van der Waals surface area contributed by atoms with Crippen molar-refractivity contribution in [1.82, 2.24) is 0 Å². The number of aromatic hydroxyl groups is 1. The highest BCUT2D eigenvalue weighted by atomic mass is 32.1. The molecule has 1 aromatic heterocycles. The number of esters is 1. The van der Waals surface area contributed by atoms with Crippen molar-refractivity contribution in [2.24, 2.45) is 0 Å². The van der Waals surface area contributed by atoms with Crippen molar-refractivity contribution in [3.8, 4) is 5.75 Å². The number of hydrogen-bond donors (Lipinski definition) is 1. The Morgan fingerprint density at radius 3 is 2.43 bits per heavy atom. The first-order chi connectivity index (χ1) is 6.36. The summed E-state index contributed by atoms with van der Waals surface area (Å²) in [6, 6.07) is 1.62. The number of thiophene rings is 1. The van der Waals surface area contributed by atoms with Gasteiger partial charge in [0.15, 0.2) is 4.88 Å². The maximum Gasteiger partial charge on any atom is 0.351 e. The van der Waals surface area contributed by atoms with Gasteiger partial charge in [-0.3, -0.25) is 0 Å². The van der Waals surface area contributed by atoms with Crippen LogP contribution in [0.15, 0.2) is 6.07 Å². The second-order valence-electron chi connectivity index (χ2n) is 4.07. The van der Waals surface area contributed by atoms with Crippen LogP contribution < -0.4 is 0 Å². The standard InChI is InChI=1S/C10H14O3S/c1-10(2,3)7-5-6(11)8(14-7)9(12)13-4/h5,11H,1-4H3. The van der Waals surface area contributed by atoms with Crippen LogP contribution in [-0.4, -0.2) is 18.2 Å². The summed E-state index contributed by atoms with van der Waals surface area (Å²) in [7, 11) is 1.30. The average molecular weight is 214 g/mol. The van der Waals surface area contributed by atoms with Crippen molar-refractivity contribution in [1.29, 1.82) is 0 Å². The molecule has 78 valence electrons. The summed E-state index contributed by atoms with van der Waals surface area (Å²) < 4.78 is 4.55. The van der Waals surface area contributed by atoms with Crippen LogP contribution in [0.2, 0.25) is 0 Å². The SMILES string of the molecule is COC(=O)c1sc(C(C)(C)C)cc1O. The zero-order chi connectivity index (χ0) is 10.9. The van der Waals surface area contributed by atoms with Crippen LogP contribution in [0, 0.1) is 0 Å². The first-order valence-electron chi connectivity index (χ1n) is 4.28. The van der Waals surface area contributed by atoms with E-state index in [1.54, 1.807) is 6.07 Å². The normalized spacial score (nSPS) is 11.4. The van der Waals surface area contributed by atoms with Gasteiger partial charge in [-0.25, -0.2) is 4.79 Å². The Labute approximate surface area is 87.3 Å². The third-order valence-electron chi connectivity index (χ3n) is 1.82. The molecule has 0 atom stereocenters. The van der Waals surface area contributed by atoms with E-state index < -0.39 is 5.97 Å². The molecule has 0 aromatic carbocycles. The van der Waals surface area contributed by atoms with E-state index in [1.165, 1.54) is 18.4 Å². The first kappa shape index (κ1) is 11.0. The van der Waals surface area contributed by atoms with Gasteiger partial charge in [0.05, 0.1) is 7.11 Å². The summed E-state index contributed by atoms with van der Waals surface area (Å²) in [5.41, 5.74) is -0.0611. The lowest BCUT2D eigenvalue weighted by Crippen LogP contribution is -2.07. The highest BCUT2D eigenvalue weighted by Crippen LogP contribution is 2.36. The minimum atomic E-state index is -0.483. The zero-order valence-corrected chi connectivity index (χ0v) is 9.57. The highest BCUT2D eigenvalue weighted by molar-refractivity contribution is 7.14. The smallest absolute Gasteiger partial charge is 0.351 e. The summed E-state index contributed by atoms with van der Waals surface area (Å²) in [5.74, 6) is -0.477. The molecule has 0 spiro atoms. The Morgan fingerprint density at radius 1 is 1.50 bits per heavy atom. The minimum absolute atomic E-state index is 0.00627. The molecule has 0 fully saturated rings. The van der Waals surface area contributed by atoms with Crippen molar-refractivity contribution in [2.75, 3.05) is 7.11 Å². The van der Waals surface area contributed by atoms with Crippen molar-refractivity contribution in [2.45, 2.75) is 26.2 Å². The van der Waals surface area contributed by atoms with E-state index in [9.17, 15) is 9.90 Å². The fourth-order valence-electron chi connectivity index (χ4n) is 0.990. The molecule has 1 heterocycles. The lowest BCUT2D eigenvalue weighted by atomic mass is 9.95. The highest BCUT2D eigenvalue weighted by Gasteiger charge is 2.22. The van der Waals surface area contributed by atoms with E-state index >= 15 is 0 Å². The van der Waals surface area contributed by atoms with Crippen LogP contribution in [-0.2, 0) is 10.2 Å². The summed E-state index contributed by atoms with van der Waals surface area (Å²) >= 11 is 1.27. The maximum absolute atomic E-state index is 11.2. The molecule has 0 amide bonds. The van der Waals surface area contributed by atoms with Gasteiger partial charge in [0.25, 0.3) is 0 Å². The van der Waals surface area contributed by atoms with Gasteiger partial charge in [-0.05, 0) is 11.5 Å². The van der Waals surface area contributed by atoms with E-state index in [0.717, 1.165) is 4.88 Å². The van der Waals surface area contributed by atoms with Crippen LogP contribution >= 0.6 is 11.3 Å². The Kier molecular flexibility index (Phi) is 2.85. The molecule has 0 aliphatic carbocycles. The van der Waals surface area contributed by atoms with Gasteiger partial charge in [-0.1, -0.05) is 20.8 Å². The molecule has 0 saturated heterocycles. The van der Waals surface area contributed by atoms with Crippen LogP contribution in [0.3, 0.4) is 0 Å². The van der Waals surface area contributed by atoms with E-state index in [-0.39, 0.29) is 16.0 Å². The molecule has 4 heteroatoms. The Balaban J connectivity index is 3.12. The van der Waals surface area contributed by atoms with Crippen molar-refractivity contribution < 1.29 is 14.6 Å². The molecular weight excluding hydrogens is 200 g/mol. The average Bonchev–Trinajstić information content (AvgIpc) is 2.45. The second kappa shape index (κ2) is 3.61. The monoisotopic (exact) mass is 214 g/mol. The van der Waals surface area contributed by atoms with Gasteiger partial charge in [-0.15, -0.1) is 11.3 Å². The topological polar surface area (TPSA) is 46.5 Å². The third kappa shape index (κ3) is 2.07. The molecule has 0 saturated carbocycles. The lowest BCUT2D eigenvalue weighted by molar-refractivity contribution is 0.0603. The van der Waals surface area contributed by atoms with E-state index in [2.05, 4.69) is 4.74 Å². The number of carbonyl (C=O) groups excluding carboxylic acids is 1. The van der Waals surface area contributed by atoms with Crippen molar-refractivity contribution >= 4 is 17.3 Å². The van der Waals surface area contributed by atoms with Gasteiger partial charge in [0, 0.05) is 4.88 Å². The predicted octanol–water partition coefficient (Wildman–Crippen LogP) is 2.54. The number of rotatable bonds is 1. The van der Waals surface area contributed by atoms with E-state index in [0.29, 0.717) is 0 Å². The molecule has 1 N–H and O–H groups in total. The lowest BCUT2D eigenvalue weighted by Gasteiger charge is -2.14. The largest absolute Gasteiger partial charge is 0.506 e. The maximum atomic E-state index is 11.2. The quantitative estimate of drug-likeness (QED) is 0.731. The van der Waals surface area contributed by atoms with Crippen LogP contribution in [0.1, 0.15) is 35.3 Å². The molecule has 14 heavy (non-hydrogen) atoms. The summed E-state index contributed by atoms with van der Waals surface area (Å²) in [6.45, 7) is 6.08. The Hall–Kier alpha value is -1.03. The Morgan fingerprint density at radius 2 is 2.07 bits per heavy atom. The molecule has 0 radical (unpaired) electrons. The summed E-state index contributed by atoms with van der Waals surface area (Å²) in [4.78, 5) is 12.4. The van der Waals surface area contributed by atoms with E-state index in [1.807, 2.05) is 20.8 Å². The fourth-order valence-corrected chi connectivity index (χ4v) is 2.02.